The highest BCUT2D eigenvalue weighted by Gasteiger charge is 2.12. The van der Waals surface area contributed by atoms with Gasteiger partial charge in [0.05, 0.1) is 14.2 Å². The summed E-state index contributed by atoms with van der Waals surface area (Å²) in [6.07, 6.45) is 0.581. The van der Waals surface area contributed by atoms with Crippen molar-refractivity contribution in [3.8, 4) is 28.6 Å². The third kappa shape index (κ3) is 4.79. The fourth-order valence-corrected chi connectivity index (χ4v) is 2.54. The first-order valence-corrected chi connectivity index (χ1v) is 8.57. The Balaban J connectivity index is 1.51. The van der Waals surface area contributed by atoms with E-state index in [9.17, 15) is 9.90 Å². The van der Waals surface area contributed by atoms with Crippen molar-refractivity contribution in [2.24, 2.45) is 0 Å². The fraction of sp³-hybridized carbons (Fsp3) is 0.250. The van der Waals surface area contributed by atoms with Crippen LogP contribution in [0.5, 0.6) is 17.2 Å². The number of phenols is 1. The zero-order valence-corrected chi connectivity index (χ0v) is 15.5. The molecule has 3 aromatic rings. The lowest BCUT2D eigenvalue weighted by Gasteiger charge is -2.06. The largest absolute Gasteiger partial charge is 0.504 e. The second-order valence-corrected chi connectivity index (χ2v) is 5.91. The minimum atomic E-state index is -0.406. The summed E-state index contributed by atoms with van der Waals surface area (Å²) in [5.74, 6) is 1.28. The lowest BCUT2D eigenvalue weighted by molar-refractivity contribution is -0.145. The van der Waals surface area contributed by atoms with E-state index in [1.54, 1.807) is 31.4 Å². The Morgan fingerprint density at radius 2 is 2.00 bits per heavy atom. The molecule has 0 saturated carbocycles. The first-order chi connectivity index (χ1) is 13.6. The van der Waals surface area contributed by atoms with Crippen LogP contribution < -0.4 is 9.47 Å². The zero-order valence-electron chi connectivity index (χ0n) is 15.5. The highest BCUT2D eigenvalue weighted by molar-refractivity contribution is 5.69. The Morgan fingerprint density at radius 3 is 2.75 bits per heavy atom. The van der Waals surface area contributed by atoms with E-state index in [2.05, 4.69) is 10.1 Å². The number of aryl methyl sites for hydroxylation is 1. The normalized spacial score (nSPS) is 10.5. The third-order valence-corrected chi connectivity index (χ3v) is 4.01. The molecule has 0 aliphatic carbocycles. The molecule has 8 heteroatoms. The molecule has 1 heterocycles. The van der Waals surface area contributed by atoms with Crippen molar-refractivity contribution < 1.29 is 28.6 Å². The van der Waals surface area contributed by atoms with E-state index in [0.29, 0.717) is 23.7 Å². The van der Waals surface area contributed by atoms with Gasteiger partial charge in [-0.3, -0.25) is 4.79 Å². The number of ether oxygens (including phenoxy) is 3. The van der Waals surface area contributed by atoms with Gasteiger partial charge in [-0.25, -0.2) is 0 Å². The monoisotopic (exact) mass is 384 g/mol. The van der Waals surface area contributed by atoms with Crippen molar-refractivity contribution in [3.05, 3.63) is 53.9 Å². The maximum atomic E-state index is 11.9. The molecular formula is C20H20N2O6. The van der Waals surface area contributed by atoms with Gasteiger partial charge in [-0.15, -0.1) is 0 Å². The van der Waals surface area contributed by atoms with Gasteiger partial charge in [0.2, 0.25) is 5.82 Å². The molecule has 0 spiro atoms. The molecule has 1 aromatic heterocycles. The number of rotatable bonds is 8. The van der Waals surface area contributed by atoms with Gasteiger partial charge in [0.25, 0.3) is 5.89 Å². The fourth-order valence-electron chi connectivity index (χ4n) is 2.54. The molecule has 0 amide bonds. The van der Waals surface area contributed by atoms with E-state index < -0.39 is 5.97 Å². The standard InChI is InChI=1S/C20H20N2O6/c1-25-15-5-3-4-14(11-15)20-21-18(28-22-20)12-27-19(24)9-7-13-6-8-17(26-2)16(23)10-13/h3-6,8,10-11,23H,7,9,12H2,1-2H3. The molecule has 0 aliphatic rings. The van der Waals surface area contributed by atoms with Crippen molar-refractivity contribution >= 4 is 5.97 Å². The van der Waals surface area contributed by atoms with Gasteiger partial charge in [-0.1, -0.05) is 23.4 Å². The molecule has 1 N–H and O–H groups in total. The van der Waals surface area contributed by atoms with Gasteiger partial charge in [-0.05, 0) is 36.2 Å². The number of methoxy groups -OCH3 is 2. The molecular weight excluding hydrogens is 364 g/mol. The van der Waals surface area contributed by atoms with Crippen LogP contribution >= 0.6 is 0 Å². The van der Waals surface area contributed by atoms with Gasteiger partial charge in [0, 0.05) is 12.0 Å². The molecule has 0 radical (unpaired) electrons. The second kappa shape index (κ2) is 8.90. The lowest BCUT2D eigenvalue weighted by Crippen LogP contribution is -2.06. The lowest BCUT2D eigenvalue weighted by atomic mass is 10.1. The number of carbonyl (C=O) groups is 1. The first kappa shape index (κ1) is 19.2. The number of hydrogen-bond acceptors (Lipinski definition) is 8. The van der Waals surface area contributed by atoms with Crippen molar-refractivity contribution in [2.45, 2.75) is 19.4 Å². The highest BCUT2D eigenvalue weighted by Crippen LogP contribution is 2.26. The molecule has 2 aromatic carbocycles. The van der Waals surface area contributed by atoms with Gasteiger partial charge in [-0.2, -0.15) is 4.98 Å². The summed E-state index contributed by atoms with van der Waals surface area (Å²) in [5, 5.41) is 13.6. The van der Waals surface area contributed by atoms with Crippen molar-refractivity contribution in [2.75, 3.05) is 14.2 Å². The number of aromatic nitrogens is 2. The van der Waals surface area contributed by atoms with E-state index in [0.717, 1.165) is 11.1 Å². The number of esters is 1. The van der Waals surface area contributed by atoms with Gasteiger partial charge >= 0.3 is 5.97 Å². The summed E-state index contributed by atoms with van der Waals surface area (Å²) >= 11 is 0. The molecule has 0 aliphatic heterocycles. The summed E-state index contributed by atoms with van der Waals surface area (Å²) in [7, 11) is 3.05. The quantitative estimate of drug-likeness (QED) is 0.591. The van der Waals surface area contributed by atoms with Crippen molar-refractivity contribution in [3.63, 3.8) is 0 Å². The van der Waals surface area contributed by atoms with Gasteiger partial charge < -0.3 is 23.8 Å². The number of benzene rings is 2. The van der Waals surface area contributed by atoms with Crippen LogP contribution in [-0.4, -0.2) is 35.4 Å². The van der Waals surface area contributed by atoms with E-state index in [-0.39, 0.29) is 24.7 Å². The first-order valence-electron chi connectivity index (χ1n) is 8.57. The summed E-state index contributed by atoms with van der Waals surface area (Å²) < 4.78 is 20.4. The van der Waals surface area contributed by atoms with Crippen molar-refractivity contribution in [1.29, 1.82) is 0 Å². The highest BCUT2D eigenvalue weighted by atomic mass is 16.6. The predicted molar refractivity (Wildman–Crippen MR) is 99.1 cm³/mol. The van der Waals surface area contributed by atoms with Gasteiger partial charge in [0.1, 0.15) is 5.75 Å². The number of hydrogen-bond donors (Lipinski definition) is 1. The molecule has 8 nitrogen and oxygen atoms in total. The summed E-state index contributed by atoms with van der Waals surface area (Å²) in [6, 6.07) is 12.2. The molecule has 3 rings (SSSR count). The van der Waals surface area contributed by atoms with E-state index in [1.165, 1.54) is 7.11 Å². The smallest absolute Gasteiger partial charge is 0.306 e. The van der Waals surface area contributed by atoms with Crippen LogP contribution in [0.25, 0.3) is 11.4 Å². The van der Waals surface area contributed by atoms with Crippen LogP contribution in [0, 0.1) is 0 Å². The number of nitrogens with zero attached hydrogens (tertiary/aromatic N) is 2. The van der Waals surface area contributed by atoms with Gasteiger partial charge in [0.15, 0.2) is 18.1 Å². The SMILES string of the molecule is COc1cccc(-c2noc(COC(=O)CCc3ccc(OC)c(O)c3)n2)c1. The summed E-state index contributed by atoms with van der Waals surface area (Å²) in [4.78, 5) is 16.2. The Kier molecular flexibility index (Phi) is 6.11. The summed E-state index contributed by atoms with van der Waals surface area (Å²) in [6.45, 7) is -0.107. The number of phenolic OH excluding ortho intramolecular Hbond substituents is 1. The Labute approximate surface area is 161 Å². The number of aromatic hydroxyl groups is 1. The van der Waals surface area contributed by atoms with Crippen LogP contribution in [0.3, 0.4) is 0 Å². The topological polar surface area (TPSA) is 104 Å². The molecule has 0 unspecified atom stereocenters. The van der Waals surface area contributed by atoms with E-state index >= 15 is 0 Å². The van der Waals surface area contributed by atoms with Crippen LogP contribution in [0.4, 0.5) is 0 Å². The average molecular weight is 384 g/mol. The predicted octanol–water partition coefficient (Wildman–Crippen LogP) is 3.14. The maximum absolute atomic E-state index is 11.9. The van der Waals surface area contributed by atoms with Crippen molar-refractivity contribution in [1.82, 2.24) is 10.1 Å². The number of carbonyl (C=O) groups excluding carboxylic acids is 1. The zero-order chi connectivity index (χ0) is 19.9. The average Bonchev–Trinajstić information content (AvgIpc) is 3.20. The van der Waals surface area contributed by atoms with E-state index in [4.69, 9.17) is 18.7 Å². The molecule has 0 saturated heterocycles. The Hall–Kier alpha value is -3.55. The van der Waals surface area contributed by atoms with Crippen LogP contribution in [0.15, 0.2) is 47.0 Å². The molecule has 0 fully saturated rings. The van der Waals surface area contributed by atoms with Crippen LogP contribution in [0.2, 0.25) is 0 Å². The minimum absolute atomic E-state index is 0.0318. The maximum Gasteiger partial charge on any atom is 0.306 e. The van der Waals surface area contributed by atoms with E-state index in [1.807, 2.05) is 18.2 Å². The molecule has 0 bridgehead atoms. The van der Waals surface area contributed by atoms with Crippen LogP contribution in [-0.2, 0) is 22.6 Å². The molecule has 28 heavy (non-hydrogen) atoms. The molecule has 146 valence electrons. The van der Waals surface area contributed by atoms with Crippen LogP contribution in [0.1, 0.15) is 17.9 Å². The molecule has 0 atom stereocenters. The minimum Gasteiger partial charge on any atom is -0.504 e. The third-order valence-electron chi connectivity index (χ3n) is 4.01. The Morgan fingerprint density at radius 1 is 1.14 bits per heavy atom. The second-order valence-electron chi connectivity index (χ2n) is 5.91. The Bertz CT molecular complexity index is 953. The summed E-state index contributed by atoms with van der Waals surface area (Å²) in [5.41, 5.74) is 1.54.